The van der Waals surface area contributed by atoms with Crippen LogP contribution in [0.2, 0.25) is 0 Å². The van der Waals surface area contributed by atoms with E-state index in [9.17, 15) is 19.1 Å². The molecule has 2 aromatic heterocycles. The molecule has 1 unspecified atom stereocenters. The number of nitrogens with one attached hydrogen (secondary N) is 1. The highest BCUT2D eigenvalue weighted by atomic mass is 19.1. The molecule has 2 aromatic carbocycles. The van der Waals surface area contributed by atoms with Crippen molar-refractivity contribution >= 4 is 22.7 Å². The van der Waals surface area contributed by atoms with Crippen LogP contribution >= 0.6 is 0 Å². The Kier molecular flexibility index (Phi) is 7.04. The summed E-state index contributed by atoms with van der Waals surface area (Å²) in [6.45, 7) is 7.80. The molecule has 9 nitrogen and oxygen atoms in total. The fraction of sp³-hybridized carbons (Fsp3) is 0.406. The lowest BCUT2D eigenvalue weighted by Gasteiger charge is -2.44. The molecule has 0 bridgehead atoms. The van der Waals surface area contributed by atoms with Crippen molar-refractivity contribution in [3.8, 4) is 11.1 Å². The first-order valence-electron chi connectivity index (χ1n) is 14.4. The van der Waals surface area contributed by atoms with E-state index in [1.54, 1.807) is 41.0 Å². The Balaban J connectivity index is 1.29. The summed E-state index contributed by atoms with van der Waals surface area (Å²) in [6, 6.07) is 9.36. The number of halogens is 1. The second-order valence-corrected chi connectivity index (χ2v) is 12.0. The molecule has 2 N–H and O–H groups in total. The van der Waals surface area contributed by atoms with Gasteiger partial charge >= 0.3 is 0 Å². The largest absolute Gasteiger partial charge is 0.387 e. The van der Waals surface area contributed by atoms with Crippen molar-refractivity contribution in [3.63, 3.8) is 0 Å². The Morgan fingerprint density at radius 2 is 1.86 bits per heavy atom. The summed E-state index contributed by atoms with van der Waals surface area (Å²) in [5.74, 6) is -0.0381. The maximum absolute atomic E-state index is 14.0. The monoisotopic (exact) mass is 570 g/mol. The van der Waals surface area contributed by atoms with E-state index in [0.717, 1.165) is 46.0 Å². The Labute approximate surface area is 243 Å². The fourth-order valence-corrected chi connectivity index (χ4v) is 6.60. The van der Waals surface area contributed by atoms with Crippen LogP contribution in [0, 0.1) is 25.1 Å². The molecule has 1 aliphatic carbocycles. The zero-order chi connectivity index (χ0) is 29.8. The molecule has 0 radical (unpaired) electrons. The van der Waals surface area contributed by atoms with Gasteiger partial charge in [0.2, 0.25) is 11.8 Å². The highest BCUT2D eigenvalue weighted by molar-refractivity contribution is 5.92. The summed E-state index contributed by atoms with van der Waals surface area (Å²) in [4.78, 5) is 37.8. The number of nitrogens with zero attached hydrogens (tertiary/aromatic N) is 5. The number of amides is 2. The van der Waals surface area contributed by atoms with Crippen LogP contribution in [0.25, 0.3) is 22.0 Å². The van der Waals surface area contributed by atoms with Crippen LogP contribution in [0.3, 0.4) is 0 Å². The van der Waals surface area contributed by atoms with Crippen molar-refractivity contribution in [1.29, 1.82) is 0 Å². The van der Waals surface area contributed by atoms with E-state index >= 15 is 0 Å². The van der Waals surface area contributed by atoms with Crippen LogP contribution in [-0.4, -0.2) is 53.7 Å². The van der Waals surface area contributed by atoms with E-state index < -0.39 is 12.1 Å². The van der Waals surface area contributed by atoms with Crippen LogP contribution in [0.4, 0.5) is 4.39 Å². The number of hydrogen-bond donors (Lipinski definition) is 2. The average Bonchev–Trinajstić information content (AvgIpc) is 3.41. The summed E-state index contributed by atoms with van der Waals surface area (Å²) >= 11 is 0. The molecule has 1 aliphatic heterocycles. The minimum absolute atomic E-state index is 0.0149. The summed E-state index contributed by atoms with van der Waals surface area (Å²) < 4.78 is 15.0. The molecule has 218 valence electrons. The van der Waals surface area contributed by atoms with Crippen molar-refractivity contribution in [1.82, 2.24) is 30.0 Å². The van der Waals surface area contributed by atoms with Gasteiger partial charge in [-0.25, -0.2) is 14.4 Å². The maximum Gasteiger partial charge on any atom is 0.245 e. The van der Waals surface area contributed by atoms with Gasteiger partial charge in [-0.2, -0.15) is 5.10 Å². The molecule has 6 rings (SSSR count). The smallest absolute Gasteiger partial charge is 0.245 e. The highest BCUT2D eigenvalue weighted by Crippen LogP contribution is 2.54. The minimum atomic E-state index is -0.848. The zero-order valence-corrected chi connectivity index (χ0v) is 24.3. The summed E-state index contributed by atoms with van der Waals surface area (Å²) in [5, 5.41) is 19.0. The first kappa shape index (κ1) is 28.0. The van der Waals surface area contributed by atoms with Gasteiger partial charge < -0.3 is 15.3 Å². The third kappa shape index (κ3) is 4.93. The number of carbonyl (C=O) groups excluding carboxylic acids is 2. The topological polar surface area (TPSA) is 113 Å². The number of aromatic nitrogens is 4. The van der Waals surface area contributed by atoms with E-state index in [4.69, 9.17) is 5.10 Å². The van der Waals surface area contributed by atoms with Crippen LogP contribution in [0.15, 0.2) is 48.8 Å². The Bertz CT molecular complexity index is 1670. The fourth-order valence-electron chi connectivity index (χ4n) is 6.60. The van der Waals surface area contributed by atoms with Crippen LogP contribution in [0.5, 0.6) is 0 Å². The van der Waals surface area contributed by atoms with Crippen LogP contribution < -0.4 is 5.32 Å². The number of aliphatic hydroxyl groups excluding tert-OH is 1. The van der Waals surface area contributed by atoms with Crippen molar-refractivity contribution in [2.24, 2.45) is 5.41 Å². The van der Waals surface area contributed by atoms with Gasteiger partial charge in [-0.1, -0.05) is 19.1 Å². The molecule has 2 fully saturated rings. The van der Waals surface area contributed by atoms with Crippen LogP contribution in [0.1, 0.15) is 61.9 Å². The lowest BCUT2D eigenvalue weighted by Crippen LogP contribution is -2.53. The second-order valence-electron chi connectivity index (χ2n) is 12.0. The SMILES string of the molecule is Cc1ncc(-c2cc(C)c3c(c2)c(C(C)O)nn3CC(=O)N2[C@H](C(=O)NCc3ccc(F)cc3)C[C@@]3(C)CC[C@@H]23)cn1. The van der Waals surface area contributed by atoms with Gasteiger partial charge in [-0.05, 0) is 86.4 Å². The number of rotatable bonds is 7. The number of likely N-dealkylation sites (tertiary alicyclic amines) is 1. The standard InChI is InChI=1S/C32H35FN6O3/c1-18-11-22(23-15-34-20(3)35-16-23)12-25-29(19(2)40)37-38(30(18)25)17-28(41)39-26(13-32(4)10-9-27(32)39)31(42)36-14-21-5-7-24(33)8-6-21/h5-8,11-12,15-16,19,26-27,40H,9-10,13-14,17H2,1-4H3,(H,36,42)/t19?,26-,27+,32+/m0/s1. The summed E-state index contributed by atoms with van der Waals surface area (Å²) in [6.07, 6.45) is 5.10. The van der Waals surface area contributed by atoms with Crippen molar-refractivity contribution in [3.05, 3.63) is 77.3 Å². The van der Waals surface area contributed by atoms with Crippen molar-refractivity contribution in [2.45, 2.75) is 78.2 Å². The van der Waals surface area contributed by atoms with E-state index in [1.165, 1.54) is 12.1 Å². The van der Waals surface area contributed by atoms with E-state index in [1.807, 2.05) is 26.0 Å². The number of hydrogen-bond acceptors (Lipinski definition) is 6. The molecule has 10 heteroatoms. The van der Waals surface area contributed by atoms with Gasteiger partial charge in [0.05, 0.1) is 17.3 Å². The van der Waals surface area contributed by atoms with E-state index in [0.29, 0.717) is 17.9 Å². The lowest BCUT2D eigenvalue weighted by atomic mass is 9.66. The van der Waals surface area contributed by atoms with Gasteiger partial charge in [0.25, 0.3) is 0 Å². The molecule has 2 amide bonds. The minimum Gasteiger partial charge on any atom is -0.387 e. The molecule has 42 heavy (non-hydrogen) atoms. The van der Waals surface area contributed by atoms with Crippen molar-refractivity contribution < 1.29 is 19.1 Å². The number of benzene rings is 2. The number of aryl methyl sites for hydroxylation is 2. The van der Waals surface area contributed by atoms with Gasteiger partial charge in [0, 0.05) is 35.9 Å². The Morgan fingerprint density at radius 1 is 1.14 bits per heavy atom. The predicted molar refractivity (Wildman–Crippen MR) is 155 cm³/mol. The number of fused-ring (bicyclic) bond motifs is 2. The number of aliphatic hydroxyl groups is 1. The zero-order valence-electron chi connectivity index (χ0n) is 24.3. The maximum atomic E-state index is 14.0. The molecule has 3 heterocycles. The molecule has 4 aromatic rings. The van der Waals surface area contributed by atoms with Gasteiger partial charge in [-0.3, -0.25) is 14.3 Å². The van der Waals surface area contributed by atoms with Crippen molar-refractivity contribution in [2.75, 3.05) is 0 Å². The first-order chi connectivity index (χ1) is 20.0. The highest BCUT2D eigenvalue weighted by Gasteiger charge is 2.58. The van der Waals surface area contributed by atoms with Gasteiger partial charge in [0.15, 0.2) is 0 Å². The second kappa shape index (κ2) is 10.6. The molecule has 0 spiro atoms. The Morgan fingerprint density at radius 3 is 2.50 bits per heavy atom. The predicted octanol–water partition coefficient (Wildman–Crippen LogP) is 4.39. The molecular formula is C32H35FN6O3. The summed E-state index contributed by atoms with van der Waals surface area (Å²) in [7, 11) is 0. The molecule has 2 aliphatic rings. The Hall–Kier alpha value is -4.18. The molecule has 1 saturated carbocycles. The summed E-state index contributed by atoms with van der Waals surface area (Å²) in [5.41, 5.74) is 4.58. The molecule has 1 saturated heterocycles. The normalized spacial score (nSPS) is 22.1. The van der Waals surface area contributed by atoms with Crippen LogP contribution in [-0.2, 0) is 22.7 Å². The quantitative estimate of drug-likeness (QED) is 0.341. The average molecular weight is 571 g/mol. The third-order valence-electron chi connectivity index (χ3n) is 8.95. The van der Waals surface area contributed by atoms with Gasteiger partial charge in [-0.15, -0.1) is 0 Å². The molecular weight excluding hydrogens is 535 g/mol. The third-order valence-corrected chi connectivity index (χ3v) is 8.95. The number of carbonyl (C=O) groups is 2. The lowest BCUT2D eigenvalue weighted by molar-refractivity contribution is -0.143. The first-order valence-corrected chi connectivity index (χ1v) is 14.4. The van der Waals surface area contributed by atoms with E-state index in [-0.39, 0.29) is 42.2 Å². The molecule has 4 atom stereocenters. The van der Waals surface area contributed by atoms with Gasteiger partial charge in [0.1, 0.15) is 24.2 Å². The van der Waals surface area contributed by atoms with E-state index in [2.05, 4.69) is 22.2 Å².